The molecule has 178 valence electrons. The summed E-state index contributed by atoms with van der Waals surface area (Å²) in [6.45, 7) is 3.10. The molecule has 0 spiro atoms. The summed E-state index contributed by atoms with van der Waals surface area (Å²) in [5, 5.41) is 0.893. The van der Waals surface area contributed by atoms with Crippen molar-refractivity contribution in [3.05, 3.63) is 60.2 Å². The van der Waals surface area contributed by atoms with E-state index in [1.165, 1.54) is 24.3 Å². The number of esters is 1. The van der Waals surface area contributed by atoms with Crippen molar-refractivity contribution >= 4 is 35.3 Å². The first-order valence-corrected chi connectivity index (χ1v) is 10.8. The summed E-state index contributed by atoms with van der Waals surface area (Å²) in [4.78, 5) is 63.5. The molecule has 1 N–H and O–H groups in total. The normalized spacial score (nSPS) is 15.1. The fourth-order valence-electron chi connectivity index (χ4n) is 3.37. The van der Waals surface area contributed by atoms with E-state index < -0.39 is 35.6 Å². The van der Waals surface area contributed by atoms with Gasteiger partial charge < -0.3 is 9.47 Å². The Morgan fingerprint density at radius 2 is 1.71 bits per heavy atom. The van der Waals surface area contributed by atoms with E-state index in [1.54, 1.807) is 44.2 Å². The van der Waals surface area contributed by atoms with Crippen molar-refractivity contribution in [2.24, 2.45) is 0 Å². The second-order valence-corrected chi connectivity index (χ2v) is 7.31. The van der Waals surface area contributed by atoms with Crippen molar-refractivity contribution < 1.29 is 33.4 Å². The van der Waals surface area contributed by atoms with Crippen molar-refractivity contribution in [1.82, 2.24) is 10.4 Å². The molecule has 1 fully saturated rings. The Labute approximate surface area is 196 Å². The third kappa shape index (κ3) is 5.58. The van der Waals surface area contributed by atoms with Crippen LogP contribution in [-0.2, 0) is 23.9 Å². The number of nitrogens with one attached hydrogen (secondary N) is 1. The van der Waals surface area contributed by atoms with Crippen LogP contribution in [0.25, 0.3) is 0 Å². The number of carbonyl (C=O) groups excluding carboxylic acids is 5. The largest absolute Gasteiger partial charge is 0.484 e. The third-order valence-corrected chi connectivity index (χ3v) is 5.00. The maximum absolute atomic E-state index is 13.1. The first kappa shape index (κ1) is 24.4. The maximum atomic E-state index is 13.1. The molecule has 3 rings (SSSR count). The van der Waals surface area contributed by atoms with Gasteiger partial charge in [-0.2, -0.15) is 0 Å². The van der Waals surface area contributed by atoms with Crippen LogP contribution in [-0.4, -0.2) is 53.9 Å². The highest BCUT2D eigenvalue weighted by molar-refractivity contribution is 6.23. The molecule has 0 radical (unpaired) electrons. The summed E-state index contributed by atoms with van der Waals surface area (Å²) in [6, 6.07) is 13.2. The number of benzene rings is 2. The van der Waals surface area contributed by atoms with Gasteiger partial charge in [0.15, 0.2) is 6.61 Å². The van der Waals surface area contributed by atoms with E-state index >= 15 is 0 Å². The number of amides is 4. The molecular formula is C24H25N3O7. The van der Waals surface area contributed by atoms with Gasteiger partial charge in [-0.25, -0.2) is 14.7 Å². The molecule has 0 saturated carbocycles. The molecule has 4 amide bonds. The summed E-state index contributed by atoms with van der Waals surface area (Å²) in [5.74, 6) is -2.44. The smallest absolute Gasteiger partial charge is 0.338 e. The van der Waals surface area contributed by atoms with Crippen LogP contribution in [0.4, 0.5) is 5.69 Å². The van der Waals surface area contributed by atoms with E-state index in [1.807, 2.05) is 0 Å². The van der Waals surface area contributed by atoms with Crippen LogP contribution < -0.4 is 15.1 Å². The van der Waals surface area contributed by atoms with E-state index in [2.05, 4.69) is 5.43 Å². The quantitative estimate of drug-likeness (QED) is 0.357. The Bertz CT molecular complexity index is 1070. The molecule has 1 unspecified atom stereocenters. The van der Waals surface area contributed by atoms with Crippen LogP contribution in [0.3, 0.4) is 0 Å². The third-order valence-electron chi connectivity index (χ3n) is 5.00. The molecule has 2 aromatic rings. The Morgan fingerprint density at radius 3 is 2.32 bits per heavy atom. The van der Waals surface area contributed by atoms with Gasteiger partial charge in [0, 0.05) is 6.42 Å². The van der Waals surface area contributed by atoms with E-state index in [-0.39, 0.29) is 37.3 Å². The molecule has 34 heavy (non-hydrogen) atoms. The predicted molar refractivity (Wildman–Crippen MR) is 121 cm³/mol. The van der Waals surface area contributed by atoms with Crippen LogP contribution in [0.5, 0.6) is 5.75 Å². The van der Waals surface area contributed by atoms with Gasteiger partial charge in [0.25, 0.3) is 11.8 Å². The first-order chi connectivity index (χ1) is 16.3. The van der Waals surface area contributed by atoms with Gasteiger partial charge in [0.2, 0.25) is 11.8 Å². The molecule has 1 heterocycles. The molecule has 0 aromatic heterocycles. The Hall–Kier alpha value is -4.21. The zero-order valence-corrected chi connectivity index (χ0v) is 18.9. The number of hydrazine groups is 1. The highest BCUT2D eigenvalue weighted by atomic mass is 16.5. The molecule has 1 atom stereocenters. The topological polar surface area (TPSA) is 122 Å². The SMILES string of the molecule is CCOC(=O)c1ccc(N2C(=O)CC(N(NC(=O)COc3ccccc3)C(=O)CC)C2=O)cc1. The number of rotatable bonds is 8. The number of hydrogen-bond acceptors (Lipinski definition) is 7. The van der Waals surface area contributed by atoms with Crippen molar-refractivity contribution in [2.45, 2.75) is 32.7 Å². The zero-order valence-electron chi connectivity index (χ0n) is 18.9. The lowest BCUT2D eigenvalue weighted by atomic mass is 10.2. The van der Waals surface area contributed by atoms with Gasteiger partial charge in [-0.15, -0.1) is 0 Å². The molecule has 10 heteroatoms. The van der Waals surface area contributed by atoms with Crippen molar-refractivity contribution in [3.8, 4) is 5.75 Å². The predicted octanol–water partition coefficient (Wildman–Crippen LogP) is 1.84. The van der Waals surface area contributed by atoms with Crippen LogP contribution in [0.2, 0.25) is 0 Å². The number of imide groups is 1. The highest BCUT2D eigenvalue weighted by Gasteiger charge is 2.45. The van der Waals surface area contributed by atoms with Crippen molar-refractivity contribution in [3.63, 3.8) is 0 Å². The number of anilines is 1. The van der Waals surface area contributed by atoms with Crippen LogP contribution >= 0.6 is 0 Å². The fraction of sp³-hybridized carbons (Fsp3) is 0.292. The van der Waals surface area contributed by atoms with Crippen molar-refractivity contribution in [2.75, 3.05) is 18.1 Å². The van der Waals surface area contributed by atoms with Gasteiger partial charge in [-0.1, -0.05) is 25.1 Å². The van der Waals surface area contributed by atoms with E-state index in [0.29, 0.717) is 5.75 Å². The standard InChI is InChI=1S/C24H25N3O7/c1-3-21(29)27(25-20(28)15-34-18-8-6-5-7-9-18)19-14-22(30)26(23(19)31)17-12-10-16(11-13-17)24(32)33-4-2/h5-13,19H,3-4,14-15H2,1-2H3,(H,25,28). The lowest BCUT2D eigenvalue weighted by Crippen LogP contribution is -2.55. The molecule has 0 aliphatic carbocycles. The number of nitrogens with zero attached hydrogens (tertiary/aromatic N) is 2. The highest BCUT2D eigenvalue weighted by Crippen LogP contribution is 2.26. The zero-order chi connectivity index (χ0) is 24.7. The average molecular weight is 467 g/mol. The van der Waals surface area contributed by atoms with Crippen molar-refractivity contribution in [1.29, 1.82) is 0 Å². The molecular weight excluding hydrogens is 442 g/mol. The molecule has 1 aliphatic rings. The lowest BCUT2D eigenvalue weighted by Gasteiger charge is -2.27. The number of para-hydroxylation sites is 1. The molecule has 2 aromatic carbocycles. The second-order valence-electron chi connectivity index (χ2n) is 7.31. The number of hydrogen-bond donors (Lipinski definition) is 1. The molecule has 0 bridgehead atoms. The van der Waals surface area contributed by atoms with Gasteiger partial charge in [-0.05, 0) is 43.3 Å². The van der Waals surface area contributed by atoms with Gasteiger partial charge in [-0.3, -0.25) is 24.6 Å². The average Bonchev–Trinajstić information content (AvgIpc) is 3.15. The molecule has 1 saturated heterocycles. The van der Waals surface area contributed by atoms with Crippen LogP contribution in [0.1, 0.15) is 37.0 Å². The van der Waals surface area contributed by atoms with Gasteiger partial charge in [0.05, 0.1) is 24.3 Å². The summed E-state index contributed by atoms with van der Waals surface area (Å²) >= 11 is 0. The summed E-state index contributed by atoms with van der Waals surface area (Å²) in [6.07, 6.45) is -0.296. The van der Waals surface area contributed by atoms with E-state index in [4.69, 9.17) is 9.47 Å². The van der Waals surface area contributed by atoms with Crippen LogP contribution in [0.15, 0.2) is 54.6 Å². The van der Waals surface area contributed by atoms with Gasteiger partial charge in [0.1, 0.15) is 11.8 Å². The van der Waals surface area contributed by atoms with Crippen LogP contribution in [0, 0.1) is 0 Å². The molecule has 10 nitrogen and oxygen atoms in total. The first-order valence-electron chi connectivity index (χ1n) is 10.8. The number of carbonyl (C=O) groups is 5. The maximum Gasteiger partial charge on any atom is 0.338 e. The minimum Gasteiger partial charge on any atom is -0.484 e. The number of ether oxygens (including phenoxy) is 2. The van der Waals surface area contributed by atoms with E-state index in [9.17, 15) is 24.0 Å². The Morgan fingerprint density at radius 1 is 1.03 bits per heavy atom. The lowest BCUT2D eigenvalue weighted by molar-refractivity contribution is -0.148. The van der Waals surface area contributed by atoms with E-state index in [0.717, 1.165) is 9.91 Å². The Kier molecular flexibility index (Phi) is 7.96. The minimum absolute atomic E-state index is 0.00598. The minimum atomic E-state index is -1.20. The van der Waals surface area contributed by atoms with Gasteiger partial charge >= 0.3 is 5.97 Å². The second kappa shape index (κ2) is 11.1. The summed E-state index contributed by atoms with van der Waals surface area (Å²) in [7, 11) is 0. The fourth-order valence-corrected chi connectivity index (χ4v) is 3.37. The molecule has 1 aliphatic heterocycles. The summed E-state index contributed by atoms with van der Waals surface area (Å²) < 4.78 is 10.3. The monoisotopic (exact) mass is 467 g/mol. The summed E-state index contributed by atoms with van der Waals surface area (Å²) in [5.41, 5.74) is 2.92. The Balaban J connectivity index is 1.72.